The van der Waals surface area contributed by atoms with Crippen LogP contribution in [0.5, 0.6) is 0 Å². The molecule has 136 valence electrons. The summed E-state index contributed by atoms with van der Waals surface area (Å²) in [6, 6.07) is 5.41. The summed E-state index contributed by atoms with van der Waals surface area (Å²) in [5.41, 5.74) is 3.56. The molecule has 1 N–H and O–H groups in total. The summed E-state index contributed by atoms with van der Waals surface area (Å²) in [5.74, 6) is -0.198. The van der Waals surface area contributed by atoms with Crippen LogP contribution >= 0.6 is 11.5 Å². The van der Waals surface area contributed by atoms with Gasteiger partial charge in [-0.3, -0.25) is 23.3 Å². The number of nitrogens with one attached hydrogen (secondary N) is 1. The molecule has 1 aliphatic rings. The summed E-state index contributed by atoms with van der Waals surface area (Å²) in [5, 5.41) is 0.127. The van der Waals surface area contributed by atoms with E-state index in [-0.39, 0.29) is 5.39 Å². The molecule has 0 saturated heterocycles. The molecule has 7 heteroatoms. The van der Waals surface area contributed by atoms with Crippen LogP contribution < -0.4 is 11.1 Å². The van der Waals surface area contributed by atoms with Gasteiger partial charge in [0.2, 0.25) is 0 Å². The average molecular weight is 381 g/mol. The molecule has 1 fully saturated rings. The van der Waals surface area contributed by atoms with Crippen LogP contribution in [0.1, 0.15) is 35.7 Å². The van der Waals surface area contributed by atoms with Gasteiger partial charge in [0.25, 0.3) is 11.1 Å². The Balaban J connectivity index is 1.93. The highest BCUT2D eigenvalue weighted by Crippen LogP contribution is 2.45. The van der Waals surface area contributed by atoms with Crippen molar-refractivity contribution in [2.24, 2.45) is 0 Å². The zero-order chi connectivity index (χ0) is 18.9. The largest absolute Gasteiger partial charge is 0.280 e. The maximum absolute atomic E-state index is 15.0. The van der Waals surface area contributed by atoms with Crippen LogP contribution in [0.3, 0.4) is 0 Å². The molecule has 0 unspecified atom stereocenters. The summed E-state index contributed by atoms with van der Waals surface area (Å²) < 4.78 is 19.6. The lowest BCUT2D eigenvalue weighted by atomic mass is 10.0. The molecule has 0 atom stereocenters. The number of halogens is 1. The Hall–Kier alpha value is -2.80. The normalized spacial score (nSPS) is 14.3. The molecule has 27 heavy (non-hydrogen) atoms. The van der Waals surface area contributed by atoms with E-state index in [1.807, 2.05) is 26.0 Å². The van der Waals surface area contributed by atoms with Crippen LogP contribution in [-0.4, -0.2) is 13.8 Å². The lowest BCUT2D eigenvalue weighted by molar-refractivity contribution is 0.621. The Morgan fingerprint density at radius 1 is 1.19 bits per heavy atom. The number of aryl methyl sites for hydroxylation is 2. The highest BCUT2D eigenvalue weighted by molar-refractivity contribution is 7.13. The summed E-state index contributed by atoms with van der Waals surface area (Å²) in [4.78, 5) is 29.3. The van der Waals surface area contributed by atoms with Gasteiger partial charge in [0.15, 0.2) is 0 Å². The molecule has 4 heterocycles. The first-order chi connectivity index (χ1) is 12.9. The van der Waals surface area contributed by atoms with E-state index in [0.717, 1.165) is 35.4 Å². The van der Waals surface area contributed by atoms with Crippen molar-refractivity contribution < 1.29 is 4.39 Å². The topological polar surface area (TPSA) is 67.2 Å². The SMILES string of the molecule is Cc1cc(-c2cc3c(C4CC4)c4s[nH]c(=O)c4c(=O)n3cc2F)cc(C)n1. The Labute approximate surface area is 157 Å². The van der Waals surface area contributed by atoms with Gasteiger partial charge in [-0.15, -0.1) is 0 Å². The Morgan fingerprint density at radius 2 is 1.89 bits per heavy atom. The smallest absolute Gasteiger partial charge is 0.271 e. The number of hydrogen-bond acceptors (Lipinski definition) is 4. The number of nitrogens with zero attached hydrogens (tertiary/aromatic N) is 2. The quantitative estimate of drug-likeness (QED) is 0.573. The molecular formula is C20H16FN3O2S. The predicted octanol–water partition coefficient (Wildman–Crippen LogP) is 3.90. The number of rotatable bonds is 2. The lowest BCUT2D eigenvalue weighted by Gasteiger charge is -2.12. The van der Waals surface area contributed by atoms with Crippen LogP contribution in [0.4, 0.5) is 4.39 Å². The van der Waals surface area contributed by atoms with Gasteiger partial charge in [-0.2, -0.15) is 0 Å². The molecule has 5 rings (SSSR count). The van der Waals surface area contributed by atoms with Gasteiger partial charge in [-0.25, -0.2) is 4.39 Å². The van der Waals surface area contributed by atoms with Crippen molar-refractivity contribution in [3.8, 4) is 11.1 Å². The van der Waals surface area contributed by atoms with Gasteiger partial charge in [0.1, 0.15) is 11.2 Å². The lowest BCUT2D eigenvalue weighted by Crippen LogP contribution is -2.20. The first-order valence-corrected chi connectivity index (χ1v) is 9.60. The average Bonchev–Trinajstić information content (AvgIpc) is 3.37. The number of aromatic nitrogens is 3. The van der Waals surface area contributed by atoms with E-state index in [1.165, 1.54) is 22.1 Å². The van der Waals surface area contributed by atoms with Gasteiger partial charge in [0.05, 0.1) is 10.2 Å². The van der Waals surface area contributed by atoms with Crippen LogP contribution in [-0.2, 0) is 0 Å². The van der Waals surface area contributed by atoms with Crippen molar-refractivity contribution in [1.82, 2.24) is 13.8 Å². The monoisotopic (exact) mass is 381 g/mol. The fourth-order valence-electron chi connectivity index (χ4n) is 3.80. The summed E-state index contributed by atoms with van der Waals surface area (Å²) in [6.45, 7) is 3.74. The third-order valence-electron chi connectivity index (χ3n) is 5.07. The molecule has 0 spiro atoms. The molecule has 0 aliphatic heterocycles. The molecule has 1 saturated carbocycles. The van der Waals surface area contributed by atoms with Gasteiger partial charge in [0, 0.05) is 23.1 Å². The fourth-order valence-corrected chi connectivity index (χ4v) is 4.76. The van der Waals surface area contributed by atoms with Crippen molar-refractivity contribution in [2.45, 2.75) is 32.6 Å². The van der Waals surface area contributed by atoms with Crippen LogP contribution in [0, 0.1) is 19.7 Å². The molecule has 4 aromatic rings. The second kappa shape index (κ2) is 5.60. The molecule has 0 radical (unpaired) electrons. The van der Waals surface area contributed by atoms with E-state index < -0.39 is 16.9 Å². The van der Waals surface area contributed by atoms with Crippen molar-refractivity contribution in [2.75, 3.05) is 0 Å². The minimum Gasteiger partial charge on any atom is -0.280 e. The van der Waals surface area contributed by atoms with Gasteiger partial charge in [-0.1, -0.05) is 11.5 Å². The van der Waals surface area contributed by atoms with Crippen LogP contribution in [0.15, 0.2) is 34.0 Å². The Kier molecular flexibility index (Phi) is 3.40. The van der Waals surface area contributed by atoms with Gasteiger partial charge in [-0.05, 0) is 61.9 Å². The van der Waals surface area contributed by atoms with Gasteiger partial charge >= 0.3 is 0 Å². The molecule has 5 nitrogen and oxygen atoms in total. The first-order valence-electron chi connectivity index (χ1n) is 8.78. The molecule has 0 bridgehead atoms. The van der Waals surface area contributed by atoms with E-state index in [4.69, 9.17) is 0 Å². The molecule has 0 aromatic carbocycles. The molecule has 0 amide bonds. The zero-order valence-corrected chi connectivity index (χ0v) is 15.6. The fraction of sp³-hybridized carbons (Fsp3) is 0.250. The van der Waals surface area contributed by atoms with Gasteiger partial charge < -0.3 is 0 Å². The van der Waals surface area contributed by atoms with E-state index in [0.29, 0.717) is 21.7 Å². The third-order valence-corrected chi connectivity index (χ3v) is 5.99. The standard InChI is InChI=1S/C20H16FN3O2S/c1-9-5-12(6-10(2)22-9)13-7-15-16(11-3-4-11)18-17(19(25)23-27-18)20(26)24(15)8-14(13)21/h5-8,11H,3-4H2,1-2H3,(H,23,25). The number of aromatic amines is 1. The zero-order valence-electron chi connectivity index (χ0n) is 14.8. The van der Waals surface area contributed by atoms with E-state index >= 15 is 0 Å². The summed E-state index contributed by atoms with van der Waals surface area (Å²) >= 11 is 1.19. The predicted molar refractivity (Wildman–Crippen MR) is 104 cm³/mol. The molecule has 1 aliphatic carbocycles. The molecule has 4 aromatic heterocycles. The number of H-pyrrole nitrogens is 1. The van der Waals surface area contributed by atoms with Crippen LogP contribution in [0.2, 0.25) is 0 Å². The second-order valence-corrected chi connectivity index (χ2v) is 7.98. The minimum atomic E-state index is -0.498. The number of pyridine rings is 3. The van der Waals surface area contributed by atoms with Crippen molar-refractivity contribution in [3.63, 3.8) is 0 Å². The maximum Gasteiger partial charge on any atom is 0.271 e. The summed E-state index contributed by atoms with van der Waals surface area (Å²) in [6.07, 6.45) is 3.23. The number of hydrogen-bond donors (Lipinski definition) is 1. The van der Waals surface area contributed by atoms with Crippen LogP contribution in [0.25, 0.3) is 26.7 Å². The van der Waals surface area contributed by atoms with E-state index in [9.17, 15) is 14.0 Å². The maximum atomic E-state index is 15.0. The third kappa shape index (κ3) is 2.45. The molecular weight excluding hydrogens is 365 g/mol. The van der Waals surface area contributed by atoms with Crippen molar-refractivity contribution in [3.05, 3.63) is 67.9 Å². The van der Waals surface area contributed by atoms with E-state index in [2.05, 4.69) is 9.36 Å². The number of fused-ring (bicyclic) bond motifs is 2. The summed E-state index contributed by atoms with van der Waals surface area (Å²) in [7, 11) is 0. The highest BCUT2D eigenvalue weighted by Gasteiger charge is 2.31. The Bertz CT molecular complexity index is 1340. The highest BCUT2D eigenvalue weighted by atomic mass is 32.1. The minimum absolute atomic E-state index is 0.127. The van der Waals surface area contributed by atoms with E-state index in [1.54, 1.807) is 6.07 Å². The Morgan fingerprint density at radius 3 is 2.56 bits per heavy atom. The second-order valence-electron chi connectivity index (χ2n) is 7.16. The first kappa shape index (κ1) is 16.4. The van der Waals surface area contributed by atoms with Crippen molar-refractivity contribution in [1.29, 1.82) is 0 Å². The van der Waals surface area contributed by atoms with Crippen molar-refractivity contribution >= 4 is 27.1 Å².